The van der Waals surface area contributed by atoms with E-state index in [1.54, 1.807) is 0 Å². The summed E-state index contributed by atoms with van der Waals surface area (Å²) in [5.41, 5.74) is 4.72. The number of ether oxygens (including phenoxy) is 2. The molecule has 25 heavy (non-hydrogen) atoms. The average molecular weight is 337 g/mol. The van der Waals surface area contributed by atoms with Gasteiger partial charge in [0.2, 0.25) is 5.91 Å². The lowest BCUT2D eigenvalue weighted by Gasteiger charge is -2.14. The molecule has 1 N–H and O–H groups in total. The number of carbonyl (C=O) groups excluding carboxylic acids is 2. The van der Waals surface area contributed by atoms with Gasteiger partial charge in [0.1, 0.15) is 6.61 Å². The van der Waals surface area contributed by atoms with E-state index in [2.05, 4.69) is 29.6 Å². The SMILES string of the molecule is O=C1CC(COC(=O)OCC2c3ccccc3-c3ccccc32)CN1. The molecule has 0 spiro atoms. The van der Waals surface area contributed by atoms with Crippen molar-refractivity contribution in [3.63, 3.8) is 0 Å². The van der Waals surface area contributed by atoms with Crippen LogP contribution in [0.4, 0.5) is 4.79 Å². The van der Waals surface area contributed by atoms with Gasteiger partial charge in [0, 0.05) is 24.8 Å². The minimum atomic E-state index is -0.679. The van der Waals surface area contributed by atoms with Crippen molar-refractivity contribution < 1.29 is 19.1 Å². The molecule has 1 fully saturated rings. The first-order chi connectivity index (χ1) is 12.2. The molecule has 2 aromatic carbocycles. The summed E-state index contributed by atoms with van der Waals surface area (Å²) >= 11 is 0. The highest BCUT2D eigenvalue weighted by molar-refractivity contribution is 5.79. The Bertz CT molecular complexity index is 771. The molecule has 0 bridgehead atoms. The van der Waals surface area contributed by atoms with Crippen molar-refractivity contribution in [1.82, 2.24) is 5.32 Å². The van der Waals surface area contributed by atoms with Crippen LogP contribution < -0.4 is 5.32 Å². The Morgan fingerprint density at radius 3 is 2.16 bits per heavy atom. The smallest absolute Gasteiger partial charge is 0.434 e. The lowest BCUT2D eigenvalue weighted by Crippen LogP contribution is -2.19. The quantitative estimate of drug-likeness (QED) is 0.871. The molecule has 128 valence electrons. The minimum Gasteiger partial charge on any atom is -0.434 e. The first kappa shape index (κ1) is 15.7. The highest BCUT2D eigenvalue weighted by atomic mass is 16.7. The second-order valence-corrected chi connectivity index (χ2v) is 6.47. The highest BCUT2D eigenvalue weighted by Crippen LogP contribution is 2.44. The molecule has 1 aliphatic carbocycles. The fourth-order valence-electron chi connectivity index (χ4n) is 3.60. The van der Waals surface area contributed by atoms with Gasteiger partial charge < -0.3 is 14.8 Å². The summed E-state index contributed by atoms with van der Waals surface area (Å²) in [6.45, 7) is 1.000. The van der Waals surface area contributed by atoms with Gasteiger partial charge in [-0.1, -0.05) is 48.5 Å². The predicted molar refractivity (Wildman–Crippen MR) is 92.1 cm³/mol. The Morgan fingerprint density at radius 2 is 1.56 bits per heavy atom. The number of rotatable bonds is 4. The molecule has 1 saturated heterocycles. The number of benzene rings is 2. The summed E-state index contributed by atoms with van der Waals surface area (Å²) in [5.74, 6) is 0.0591. The number of amides is 1. The van der Waals surface area contributed by atoms with Gasteiger partial charge in [-0.25, -0.2) is 4.79 Å². The van der Waals surface area contributed by atoms with Gasteiger partial charge in [-0.2, -0.15) is 0 Å². The predicted octanol–water partition coefficient (Wildman–Crippen LogP) is 3.09. The molecule has 0 radical (unpaired) electrons. The van der Waals surface area contributed by atoms with E-state index >= 15 is 0 Å². The fraction of sp³-hybridized carbons (Fsp3) is 0.300. The van der Waals surface area contributed by atoms with Crippen molar-refractivity contribution in [3.8, 4) is 11.1 Å². The van der Waals surface area contributed by atoms with Crippen molar-refractivity contribution in [3.05, 3.63) is 59.7 Å². The maximum absolute atomic E-state index is 11.9. The topological polar surface area (TPSA) is 64.6 Å². The largest absolute Gasteiger partial charge is 0.508 e. The Kier molecular flexibility index (Phi) is 4.14. The monoisotopic (exact) mass is 337 g/mol. The zero-order chi connectivity index (χ0) is 17.2. The third-order valence-electron chi connectivity index (χ3n) is 4.83. The molecule has 0 aromatic heterocycles. The van der Waals surface area contributed by atoms with Crippen LogP contribution in [-0.4, -0.2) is 31.8 Å². The molecular formula is C20H19NO4. The third kappa shape index (κ3) is 3.09. The molecule has 1 unspecified atom stereocenters. The van der Waals surface area contributed by atoms with Crippen LogP contribution in [-0.2, 0) is 14.3 Å². The average Bonchev–Trinajstić information content (AvgIpc) is 3.19. The molecule has 1 heterocycles. The van der Waals surface area contributed by atoms with Crippen LogP contribution in [0.25, 0.3) is 11.1 Å². The molecule has 0 saturated carbocycles. The van der Waals surface area contributed by atoms with Gasteiger partial charge in [0.15, 0.2) is 0 Å². The number of hydrogen-bond acceptors (Lipinski definition) is 4. The number of fused-ring (bicyclic) bond motifs is 3. The maximum atomic E-state index is 11.9. The second-order valence-electron chi connectivity index (χ2n) is 6.47. The van der Waals surface area contributed by atoms with Crippen molar-refractivity contribution in [2.75, 3.05) is 19.8 Å². The van der Waals surface area contributed by atoms with Gasteiger partial charge in [-0.3, -0.25) is 4.79 Å². The fourth-order valence-corrected chi connectivity index (χ4v) is 3.60. The van der Waals surface area contributed by atoms with Crippen molar-refractivity contribution in [1.29, 1.82) is 0 Å². The summed E-state index contributed by atoms with van der Waals surface area (Å²) in [6, 6.07) is 16.4. The van der Waals surface area contributed by atoms with E-state index in [1.165, 1.54) is 22.3 Å². The van der Waals surface area contributed by atoms with Gasteiger partial charge in [-0.15, -0.1) is 0 Å². The second kappa shape index (κ2) is 6.59. The van der Waals surface area contributed by atoms with E-state index < -0.39 is 6.16 Å². The van der Waals surface area contributed by atoms with Gasteiger partial charge in [0.05, 0.1) is 6.61 Å². The molecule has 2 aromatic rings. The van der Waals surface area contributed by atoms with Crippen molar-refractivity contribution in [2.24, 2.45) is 5.92 Å². The Morgan fingerprint density at radius 1 is 0.960 bits per heavy atom. The Balaban J connectivity index is 1.39. The third-order valence-corrected chi connectivity index (χ3v) is 4.83. The van der Waals surface area contributed by atoms with Crippen LogP contribution in [0.5, 0.6) is 0 Å². The lowest BCUT2D eigenvalue weighted by atomic mass is 9.98. The van der Waals surface area contributed by atoms with Crippen LogP contribution in [0.1, 0.15) is 23.5 Å². The molecule has 5 heteroatoms. The van der Waals surface area contributed by atoms with Crippen molar-refractivity contribution >= 4 is 12.1 Å². The maximum Gasteiger partial charge on any atom is 0.508 e. The van der Waals surface area contributed by atoms with Gasteiger partial charge in [-0.05, 0) is 22.3 Å². The normalized spacial score (nSPS) is 18.4. The van der Waals surface area contributed by atoms with Crippen molar-refractivity contribution in [2.45, 2.75) is 12.3 Å². The van der Waals surface area contributed by atoms with Crippen LogP contribution >= 0.6 is 0 Å². The molecule has 4 rings (SSSR count). The zero-order valence-corrected chi connectivity index (χ0v) is 13.7. The van der Waals surface area contributed by atoms with E-state index in [4.69, 9.17) is 9.47 Å². The molecule has 2 aliphatic rings. The van der Waals surface area contributed by atoms with E-state index in [0.717, 1.165) is 0 Å². The number of nitrogens with one attached hydrogen (secondary N) is 1. The van der Waals surface area contributed by atoms with E-state index in [-0.39, 0.29) is 31.0 Å². The first-order valence-electron chi connectivity index (χ1n) is 8.47. The lowest BCUT2D eigenvalue weighted by molar-refractivity contribution is -0.119. The van der Waals surface area contributed by atoms with Gasteiger partial charge >= 0.3 is 6.16 Å². The van der Waals surface area contributed by atoms with Crippen LogP contribution in [0, 0.1) is 5.92 Å². The molecule has 1 aliphatic heterocycles. The van der Waals surface area contributed by atoms with E-state index in [0.29, 0.717) is 13.0 Å². The summed E-state index contributed by atoms with van der Waals surface area (Å²) < 4.78 is 10.5. The van der Waals surface area contributed by atoms with E-state index in [1.807, 2.05) is 24.3 Å². The Labute approximate surface area is 145 Å². The number of hydrogen-bond donors (Lipinski definition) is 1. The Hall–Kier alpha value is -2.82. The van der Waals surface area contributed by atoms with Crippen LogP contribution in [0.15, 0.2) is 48.5 Å². The zero-order valence-electron chi connectivity index (χ0n) is 13.7. The molecule has 1 atom stereocenters. The van der Waals surface area contributed by atoms with Gasteiger partial charge in [0.25, 0.3) is 0 Å². The van der Waals surface area contributed by atoms with Crippen LogP contribution in [0.3, 0.4) is 0 Å². The van der Waals surface area contributed by atoms with E-state index in [9.17, 15) is 9.59 Å². The summed E-state index contributed by atoms with van der Waals surface area (Å²) in [7, 11) is 0. The highest BCUT2D eigenvalue weighted by Gasteiger charge is 2.29. The van der Waals surface area contributed by atoms with Crippen LogP contribution in [0.2, 0.25) is 0 Å². The molecule has 5 nitrogen and oxygen atoms in total. The first-order valence-corrected chi connectivity index (χ1v) is 8.47. The standard InChI is InChI=1S/C20H19NO4/c22-19-9-13(10-21-19)11-24-20(23)25-12-18-16-7-3-1-5-14(16)15-6-2-4-8-17(15)18/h1-8,13,18H,9-12H2,(H,21,22). The minimum absolute atomic E-state index is 0.00105. The summed E-state index contributed by atoms with van der Waals surface area (Å²) in [6.07, 6.45) is -0.280. The molecular weight excluding hydrogens is 318 g/mol. The number of carbonyl (C=O) groups is 2. The summed E-state index contributed by atoms with van der Waals surface area (Å²) in [5, 5.41) is 2.72. The summed E-state index contributed by atoms with van der Waals surface area (Å²) in [4.78, 5) is 23.1. The molecule has 1 amide bonds.